The smallest absolute Gasteiger partial charge is 0.264 e. The average Bonchev–Trinajstić information content (AvgIpc) is 2.92. The Morgan fingerprint density at radius 1 is 0.872 bits per heavy atom. The van der Waals surface area contributed by atoms with Crippen molar-refractivity contribution in [3.8, 4) is 0 Å². The molecule has 1 unspecified atom stereocenters. The number of nitrogens with one attached hydrogen (secondary N) is 1. The third kappa shape index (κ3) is 8.21. The molecule has 0 heterocycles. The fourth-order valence-electron chi connectivity index (χ4n) is 3.91. The molecular weight excluding hydrogens is 557 g/mol. The summed E-state index contributed by atoms with van der Waals surface area (Å²) in [5.74, 6) is -0.600. The first-order chi connectivity index (χ1) is 18.5. The number of rotatable bonds is 12. The number of carbonyl (C=O) groups excluding carboxylic acids is 2. The van der Waals surface area contributed by atoms with E-state index in [9.17, 15) is 18.0 Å². The van der Waals surface area contributed by atoms with Crippen LogP contribution in [0.15, 0.2) is 83.8 Å². The van der Waals surface area contributed by atoms with Crippen LogP contribution in [0.4, 0.5) is 5.69 Å². The lowest BCUT2D eigenvalue weighted by Crippen LogP contribution is -2.52. The van der Waals surface area contributed by atoms with Gasteiger partial charge in [0.05, 0.1) is 20.6 Å². The zero-order valence-corrected chi connectivity index (χ0v) is 24.5. The Balaban J connectivity index is 1.97. The Hall–Kier alpha value is -3.07. The zero-order valence-electron chi connectivity index (χ0n) is 22.2. The lowest BCUT2D eigenvalue weighted by molar-refractivity contribution is -0.138. The van der Waals surface area contributed by atoms with Gasteiger partial charge in [-0.3, -0.25) is 13.9 Å². The van der Waals surface area contributed by atoms with Crippen molar-refractivity contribution in [3.63, 3.8) is 0 Å². The topological polar surface area (TPSA) is 86.8 Å². The van der Waals surface area contributed by atoms with Crippen molar-refractivity contribution in [2.45, 2.75) is 38.1 Å². The van der Waals surface area contributed by atoms with Gasteiger partial charge in [-0.1, -0.05) is 85.6 Å². The molecule has 3 aromatic carbocycles. The van der Waals surface area contributed by atoms with E-state index in [-0.39, 0.29) is 39.0 Å². The predicted molar refractivity (Wildman–Crippen MR) is 157 cm³/mol. The van der Waals surface area contributed by atoms with Gasteiger partial charge in [0.1, 0.15) is 12.6 Å². The molecule has 0 fully saturated rings. The molecule has 0 saturated carbocycles. The molecular formula is C29H33Cl2N3O4S. The van der Waals surface area contributed by atoms with Crippen molar-refractivity contribution < 1.29 is 18.0 Å². The predicted octanol–water partition coefficient (Wildman–Crippen LogP) is 5.42. The third-order valence-electron chi connectivity index (χ3n) is 6.14. The van der Waals surface area contributed by atoms with Crippen LogP contribution in [-0.4, -0.2) is 50.8 Å². The molecule has 0 aliphatic rings. The van der Waals surface area contributed by atoms with Crippen LogP contribution in [0, 0.1) is 5.92 Å². The summed E-state index contributed by atoms with van der Waals surface area (Å²) in [5.41, 5.74) is 1.17. The Bertz CT molecular complexity index is 1370. The van der Waals surface area contributed by atoms with Crippen molar-refractivity contribution >= 4 is 50.7 Å². The van der Waals surface area contributed by atoms with Gasteiger partial charge in [0.25, 0.3) is 10.0 Å². The maximum atomic E-state index is 13.8. The van der Waals surface area contributed by atoms with Crippen molar-refractivity contribution in [2.24, 2.45) is 5.92 Å². The highest BCUT2D eigenvalue weighted by atomic mass is 35.5. The summed E-state index contributed by atoms with van der Waals surface area (Å²) in [6.07, 6.45) is 0.493. The van der Waals surface area contributed by atoms with Crippen LogP contribution in [-0.2, 0) is 26.0 Å². The van der Waals surface area contributed by atoms with E-state index in [2.05, 4.69) is 5.32 Å². The standard InChI is InChI=1S/C29H33Cl2N3O4S/c1-21(2)19-32-29(36)22(3)33(17-16-23-10-6-4-7-11-23)28(35)20-34(24-14-15-26(30)27(31)18-24)39(37,38)25-12-8-5-9-13-25/h4-15,18,21-22H,16-17,19-20H2,1-3H3,(H,32,36). The summed E-state index contributed by atoms with van der Waals surface area (Å²) in [6, 6.07) is 21.0. The van der Waals surface area contributed by atoms with Crippen LogP contribution in [0.3, 0.4) is 0 Å². The first kappa shape index (κ1) is 30.5. The molecule has 0 spiro atoms. The van der Waals surface area contributed by atoms with E-state index >= 15 is 0 Å². The third-order valence-corrected chi connectivity index (χ3v) is 8.66. The molecule has 3 rings (SSSR count). The molecule has 0 bridgehead atoms. The largest absolute Gasteiger partial charge is 0.354 e. The minimum Gasteiger partial charge on any atom is -0.354 e. The van der Waals surface area contributed by atoms with E-state index < -0.39 is 28.5 Å². The van der Waals surface area contributed by atoms with Crippen LogP contribution in [0.5, 0.6) is 0 Å². The minimum absolute atomic E-state index is 0.0161. The summed E-state index contributed by atoms with van der Waals surface area (Å²) in [7, 11) is -4.16. The van der Waals surface area contributed by atoms with Gasteiger partial charge in [0.15, 0.2) is 0 Å². The second-order valence-corrected chi connectivity index (χ2v) is 12.2. The number of hydrogen-bond acceptors (Lipinski definition) is 4. The highest BCUT2D eigenvalue weighted by Crippen LogP contribution is 2.30. The molecule has 2 amide bonds. The van der Waals surface area contributed by atoms with Crippen LogP contribution in [0.2, 0.25) is 10.0 Å². The normalized spacial score (nSPS) is 12.2. The van der Waals surface area contributed by atoms with Crippen LogP contribution in [0.1, 0.15) is 26.3 Å². The molecule has 0 radical (unpaired) electrons. The summed E-state index contributed by atoms with van der Waals surface area (Å²) >= 11 is 12.3. The maximum Gasteiger partial charge on any atom is 0.264 e. The molecule has 0 aliphatic heterocycles. The Morgan fingerprint density at radius 3 is 2.08 bits per heavy atom. The first-order valence-electron chi connectivity index (χ1n) is 12.6. The number of sulfonamides is 1. The molecule has 10 heteroatoms. The molecule has 208 valence electrons. The molecule has 39 heavy (non-hydrogen) atoms. The van der Waals surface area contributed by atoms with E-state index in [0.717, 1.165) is 9.87 Å². The fraction of sp³-hybridized carbons (Fsp3) is 0.310. The van der Waals surface area contributed by atoms with Gasteiger partial charge >= 0.3 is 0 Å². The van der Waals surface area contributed by atoms with Gasteiger partial charge in [0, 0.05) is 13.1 Å². The number of anilines is 1. The van der Waals surface area contributed by atoms with Crippen molar-refractivity contribution in [1.82, 2.24) is 10.2 Å². The molecule has 3 aromatic rings. The number of benzene rings is 3. The summed E-state index contributed by atoms with van der Waals surface area (Å²) < 4.78 is 28.5. The molecule has 1 N–H and O–H groups in total. The van der Waals surface area contributed by atoms with Crippen LogP contribution >= 0.6 is 23.2 Å². The zero-order chi connectivity index (χ0) is 28.6. The first-order valence-corrected chi connectivity index (χ1v) is 14.8. The fourth-order valence-corrected chi connectivity index (χ4v) is 5.63. The SMILES string of the molecule is CC(C)CNC(=O)C(C)N(CCc1ccccc1)C(=O)CN(c1ccc(Cl)c(Cl)c1)S(=O)(=O)c1ccccc1. The van der Waals surface area contributed by atoms with E-state index in [1.165, 1.54) is 35.2 Å². The molecule has 1 atom stereocenters. The van der Waals surface area contributed by atoms with Gasteiger partial charge in [0.2, 0.25) is 11.8 Å². The van der Waals surface area contributed by atoms with Gasteiger partial charge < -0.3 is 10.2 Å². The highest BCUT2D eigenvalue weighted by Gasteiger charge is 2.32. The number of nitrogens with zero attached hydrogens (tertiary/aromatic N) is 2. The molecule has 0 aliphatic carbocycles. The average molecular weight is 591 g/mol. The van der Waals surface area contributed by atoms with Gasteiger partial charge in [-0.25, -0.2) is 8.42 Å². The monoisotopic (exact) mass is 589 g/mol. The lowest BCUT2D eigenvalue weighted by Gasteiger charge is -2.32. The van der Waals surface area contributed by atoms with E-state index in [4.69, 9.17) is 23.2 Å². The second kappa shape index (κ2) is 13.8. The number of hydrogen-bond donors (Lipinski definition) is 1. The van der Waals surface area contributed by atoms with E-state index in [1.54, 1.807) is 25.1 Å². The summed E-state index contributed by atoms with van der Waals surface area (Å²) in [5, 5.41) is 3.28. The van der Waals surface area contributed by atoms with Gasteiger partial charge in [-0.05, 0) is 55.2 Å². The number of amides is 2. The van der Waals surface area contributed by atoms with Crippen LogP contribution in [0.25, 0.3) is 0 Å². The molecule has 0 aromatic heterocycles. The van der Waals surface area contributed by atoms with Crippen molar-refractivity contribution in [1.29, 1.82) is 0 Å². The Kier molecular flexibility index (Phi) is 10.8. The highest BCUT2D eigenvalue weighted by molar-refractivity contribution is 7.92. The van der Waals surface area contributed by atoms with Crippen molar-refractivity contribution in [3.05, 3.63) is 94.5 Å². The van der Waals surface area contributed by atoms with Gasteiger partial charge in [-0.15, -0.1) is 0 Å². The van der Waals surface area contributed by atoms with E-state index in [1.807, 2.05) is 44.2 Å². The summed E-state index contributed by atoms with van der Waals surface area (Å²) in [6.45, 7) is 5.75. The maximum absolute atomic E-state index is 13.8. The second-order valence-electron chi connectivity index (χ2n) is 9.56. The number of halogens is 2. The van der Waals surface area contributed by atoms with Gasteiger partial charge in [-0.2, -0.15) is 0 Å². The van der Waals surface area contributed by atoms with E-state index in [0.29, 0.717) is 13.0 Å². The quantitative estimate of drug-likeness (QED) is 0.305. The van der Waals surface area contributed by atoms with Crippen molar-refractivity contribution in [2.75, 3.05) is 23.9 Å². The summed E-state index contributed by atoms with van der Waals surface area (Å²) in [4.78, 5) is 28.3. The Morgan fingerprint density at radius 2 is 1.49 bits per heavy atom. The minimum atomic E-state index is -4.16. The van der Waals surface area contributed by atoms with Crippen LogP contribution < -0.4 is 9.62 Å². The molecule has 0 saturated heterocycles. The Labute approximate surface area is 240 Å². The molecule has 7 nitrogen and oxygen atoms in total. The number of carbonyl (C=O) groups is 2. The lowest BCUT2D eigenvalue weighted by atomic mass is 10.1.